The summed E-state index contributed by atoms with van der Waals surface area (Å²) in [4.78, 5) is 0. The molecule has 2 heteroatoms. The number of hydrogen-bond acceptors (Lipinski definition) is 2. The smallest absolute Gasteiger partial charge is 0.0685 e. The third-order valence-electron chi connectivity index (χ3n) is 2.66. The van der Waals surface area contributed by atoms with E-state index in [1.54, 1.807) is 0 Å². The van der Waals surface area contributed by atoms with Crippen molar-refractivity contribution in [2.45, 2.75) is 40.3 Å². The van der Waals surface area contributed by atoms with Gasteiger partial charge in [0.25, 0.3) is 0 Å². The van der Waals surface area contributed by atoms with E-state index >= 15 is 0 Å². The van der Waals surface area contributed by atoms with Gasteiger partial charge in [-0.25, -0.2) is 0 Å². The van der Waals surface area contributed by atoms with Crippen molar-refractivity contribution >= 4 is 0 Å². The highest BCUT2D eigenvalue weighted by Gasteiger charge is 2.08. The molecule has 0 heterocycles. The average Bonchev–Trinajstić information content (AvgIpc) is 2.23. The van der Waals surface area contributed by atoms with Gasteiger partial charge < -0.3 is 10.4 Å². The van der Waals surface area contributed by atoms with E-state index in [2.05, 4.69) is 32.2 Å². The van der Waals surface area contributed by atoms with Gasteiger partial charge >= 0.3 is 0 Å². The highest BCUT2D eigenvalue weighted by Crippen LogP contribution is 2.17. The number of nitrogens with one attached hydrogen (secondary N) is 1. The van der Waals surface area contributed by atoms with Crippen LogP contribution in [-0.4, -0.2) is 11.7 Å². The summed E-state index contributed by atoms with van der Waals surface area (Å²) in [6.45, 7) is 8.72. The molecule has 90 valence electrons. The van der Waals surface area contributed by atoms with Crippen molar-refractivity contribution in [1.82, 2.24) is 5.32 Å². The standard InChI is InChI=1S/C14H23NO/c1-14(2,3)8-9-15-10-12-6-4-5-7-13(12)11-16/h4-7,15-16H,8-11H2,1-3H3. The Kier molecular flexibility index (Phi) is 4.97. The molecule has 0 radical (unpaired) electrons. The molecule has 0 spiro atoms. The van der Waals surface area contributed by atoms with E-state index in [-0.39, 0.29) is 6.61 Å². The minimum absolute atomic E-state index is 0.122. The van der Waals surface area contributed by atoms with Crippen LogP contribution in [0.5, 0.6) is 0 Å². The maximum absolute atomic E-state index is 9.18. The first-order valence-electron chi connectivity index (χ1n) is 5.91. The molecule has 16 heavy (non-hydrogen) atoms. The second kappa shape index (κ2) is 6.02. The molecule has 2 nitrogen and oxygen atoms in total. The van der Waals surface area contributed by atoms with Crippen molar-refractivity contribution < 1.29 is 5.11 Å². The van der Waals surface area contributed by atoms with Crippen LogP contribution in [0.3, 0.4) is 0 Å². The molecule has 1 aromatic carbocycles. The van der Waals surface area contributed by atoms with E-state index in [1.807, 2.05) is 18.2 Å². The Morgan fingerprint density at radius 2 is 1.75 bits per heavy atom. The summed E-state index contributed by atoms with van der Waals surface area (Å²) in [6.07, 6.45) is 1.16. The van der Waals surface area contributed by atoms with Crippen molar-refractivity contribution in [2.75, 3.05) is 6.54 Å². The first-order valence-corrected chi connectivity index (χ1v) is 5.91. The number of rotatable bonds is 5. The molecule has 0 aliphatic rings. The van der Waals surface area contributed by atoms with Crippen molar-refractivity contribution in [1.29, 1.82) is 0 Å². The largest absolute Gasteiger partial charge is 0.392 e. The summed E-state index contributed by atoms with van der Waals surface area (Å²) < 4.78 is 0. The molecular formula is C14H23NO. The zero-order chi connectivity index (χ0) is 12.0. The van der Waals surface area contributed by atoms with Crippen LogP contribution in [0.4, 0.5) is 0 Å². The van der Waals surface area contributed by atoms with Gasteiger partial charge in [-0.1, -0.05) is 45.0 Å². The van der Waals surface area contributed by atoms with Crippen molar-refractivity contribution in [2.24, 2.45) is 5.41 Å². The van der Waals surface area contributed by atoms with E-state index in [0.29, 0.717) is 5.41 Å². The van der Waals surface area contributed by atoms with Gasteiger partial charge in [-0.05, 0) is 29.5 Å². The zero-order valence-corrected chi connectivity index (χ0v) is 10.6. The third kappa shape index (κ3) is 4.77. The van der Waals surface area contributed by atoms with E-state index in [0.717, 1.165) is 25.1 Å². The summed E-state index contributed by atoms with van der Waals surface area (Å²) in [6, 6.07) is 8.01. The Morgan fingerprint density at radius 1 is 1.12 bits per heavy atom. The van der Waals surface area contributed by atoms with Crippen LogP contribution in [0.25, 0.3) is 0 Å². The fourth-order valence-electron chi connectivity index (χ4n) is 1.57. The maximum Gasteiger partial charge on any atom is 0.0685 e. The van der Waals surface area contributed by atoms with Crippen LogP contribution in [-0.2, 0) is 13.2 Å². The lowest BCUT2D eigenvalue weighted by atomic mass is 9.92. The topological polar surface area (TPSA) is 32.3 Å². The lowest BCUT2D eigenvalue weighted by Gasteiger charge is -2.18. The summed E-state index contributed by atoms with van der Waals surface area (Å²) in [5, 5.41) is 12.6. The van der Waals surface area contributed by atoms with E-state index in [1.165, 1.54) is 5.56 Å². The quantitative estimate of drug-likeness (QED) is 0.749. The van der Waals surface area contributed by atoms with Gasteiger partial charge in [0, 0.05) is 6.54 Å². The van der Waals surface area contributed by atoms with Gasteiger partial charge in [-0.3, -0.25) is 0 Å². The Hall–Kier alpha value is -0.860. The predicted molar refractivity (Wildman–Crippen MR) is 68.1 cm³/mol. The van der Waals surface area contributed by atoms with Crippen molar-refractivity contribution in [3.8, 4) is 0 Å². The third-order valence-corrected chi connectivity index (χ3v) is 2.66. The zero-order valence-electron chi connectivity index (χ0n) is 10.6. The Balaban J connectivity index is 2.37. The van der Waals surface area contributed by atoms with Crippen LogP contribution in [0.15, 0.2) is 24.3 Å². The lowest BCUT2D eigenvalue weighted by Crippen LogP contribution is -2.20. The Bertz CT molecular complexity index is 315. The molecule has 0 fully saturated rings. The molecule has 0 aromatic heterocycles. The normalized spacial score (nSPS) is 11.8. The highest BCUT2D eigenvalue weighted by atomic mass is 16.3. The summed E-state index contributed by atoms with van der Waals surface area (Å²) >= 11 is 0. The highest BCUT2D eigenvalue weighted by molar-refractivity contribution is 5.26. The minimum atomic E-state index is 0.122. The summed E-state index contributed by atoms with van der Waals surface area (Å²) in [7, 11) is 0. The van der Waals surface area contributed by atoms with Crippen LogP contribution < -0.4 is 5.32 Å². The molecule has 0 amide bonds. The van der Waals surface area contributed by atoms with Gasteiger partial charge in [-0.2, -0.15) is 0 Å². The fraction of sp³-hybridized carbons (Fsp3) is 0.571. The Labute approximate surface area is 98.7 Å². The SMILES string of the molecule is CC(C)(C)CCNCc1ccccc1CO. The molecule has 0 unspecified atom stereocenters. The molecular weight excluding hydrogens is 198 g/mol. The van der Waals surface area contributed by atoms with Crippen LogP contribution in [0.2, 0.25) is 0 Å². The first-order chi connectivity index (χ1) is 7.53. The molecule has 2 N–H and O–H groups in total. The van der Waals surface area contributed by atoms with E-state index in [4.69, 9.17) is 0 Å². The number of benzene rings is 1. The van der Waals surface area contributed by atoms with Gasteiger partial charge in [0.1, 0.15) is 0 Å². The monoisotopic (exact) mass is 221 g/mol. The van der Waals surface area contributed by atoms with E-state index < -0.39 is 0 Å². The number of hydrogen-bond donors (Lipinski definition) is 2. The second-order valence-corrected chi connectivity index (χ2v) is 5.41. The molecule has 1 rings (SSSR count). The maximum atomic E-state index is 9.18. The van der Waals surface area contributed by atoms with Crippen molar-refractivity contribution in [3.63, 3.8) is 0 Å². The van der Waals surface area contributed by atoms with Gasteiger partial charge in [0.2, 0.25) is 0 Å². The Morgan fingerprint density at radius 3 is 2.31 bits per heavy atom. The molecule has 0 saturated heterocycles. The molecule has 1 aromatic rings. The predicted octanol–water partition coefficient (Wildman–Crippen LogP) is 2.70. The summed E-state index contributed by atoms with van der Waals surface area (Å²) in [5.41, 5.74) is 2.59. The average molecular weight is 221 g/mol. The van der Waals surface area contributed by atoms with Crippen LogP contribution >= 0.6 is 0 Å². The first kappa shape index (κ1) is 13.2. The summed E-state index contributed by atoms with van der Waals surface area (Å²) in [5.74, 6) is 0. The van der Waals surface area contributed by atoms with Gasteiger partial charge in [0.15, 0.2) is 0 Å². The lowest BCUT2D eigenvalue weighted by molar-refractivity contribution is 0.280. The van der Waals surface area contributed by atoms with E-state index in [9.17, 15) is 5.11 Å². The molecule has 0 atom stereocenters. The van der Waals surface area contributed by atoms with Crippen LogP contribution in [0.1, 0.15) is 38.3 Å². The molecule has 0 aliphatic heterocycles. The number of aliphatic hydroxyl groups is 1. The minimum Gasteiger partial charge on any atom is -0.392 e. The van der Waals surface area contributed by atoms with Crippen molar-refractivity contribution in [3.05, 3.63) is 35.4 Å². The fourth-order valence-corrected chi connectivity index (χ4v) is 1.57. The second-order valence-electron chi connectivity index (χ2n) is 5.41. The molecule has 0 saturated carbocycles. The van der Waals surface area contributed by atoms with Gasteiger partial charge in [-0.15, -0.1) is 0 Å². The van der Waals surface area contributed by atoms with Crippen LogP contribution in [0, 0.1) is 5.41 Å². The number of aliphatic hydroxyl groups excluding tert-OH is 1. The molecule has 0 aliphatic carbocycles. The molecule has 0 bridgehead atoms. The van der Waals surface area contributed by atoms with Gasteiger partial charge in [0.05, 0.1) is 6.61 Å².